The first-order chi connectivity index (χ1) is 14.8. The number of carbonyl (C=O) groups excluding carboxylic acids is 2. The first-order valence-electron chi connectivity index (χ1n) is 10.2. The van der Waals surface area contributed by atoms with Crippen molar-refractivity contribution in [2.75, 3.05) is 30.3 Å². The van der Waals surface area contributed by atoms with Crippen LogP contribution in [0.1, 0.15) is 24.0 Å². The molecule has 2 N–H and O–H groups in total. The molecule has 2 heterocycles. The van der Waals surface area contributed by atoms with Gasteiger partial charge in [0.2, 0.25) is 15.9 Å². The number of amides is 2. The van der Waals surface area contributed by atoms with E-state index in [0.29, 0.717) is 30.8 Å². The van der Waals surface area contributed by atoms with E-state index >= 15 is 0 Å². The van der Waals surface area contributed by atoms with Gasteiger partial charge in [0.05, 0.1) is 16.5 Å². The number of fused-ring (bicyclic) bond motifs is 1. The largest absolute Gasteiger partial charge is 0.482 e. The number of rotatable bonds is 4. The summed E-state index contributed by atoms with van der Waals surface area (Å²) in [5.74, 6) is -0.519. The number of hydrogen-bond donors (Lipinski definition) is 2. The van der Waals surface area contributed by atoms with Crippen LogP contribution >= 0.6 is 0 Å². The predicted molar refractivity (Wildman–Crippen MR) is 117 cm³/mol. The van der Waals surface area contributed by atoms with Crippen molar-refractivity contribution < 1.29 is 22.7 Å². The van der Waals surface area contributed by atoms with Crippen LogP contribution in [0.25, 0.3) is 0 Å². The van der Waals surface area contributed by atoms with Gasteiger partial charge in [0.15, 0.2) is 6.61 Å². The average Bonchev–Trinajstić information content (AvgIpc) is 2.76. The van der Waals surface area contributed by atoms with Crippen LogP contribution in [-0.2, 0) is 19.6 Å². The van der Waals surface area contributed by atoms with E-state index in [-0.39, 0.29) is 29.9 Å². The lowest BCUT2D eigenvalue weighted by Crippen LogP contribution is -2.43. The Kier molecular flexibility index (Phi) is 5.72. The van der Waals surface area contributed by atoms with Gasteiger partial charge in [0.1, 0.15) is 5.75 Å². The summed E-state index contributed by atoms with van der Waals surface area (Å²) in [6.07, 6.45) is 1.21. The summed E-state index contributed by atoms with van der Waals surface area (Å²) < 4.78 is 33.1. The maximum atomic E-state index is 13.2. The summed E-state index contributed by atoms with van der Waals surface area (Å²) in [6.45, 7) is 4.28. The van der Waals surface area contributed by atoms with Crippen LogP contribution in [0, 0.1) is 19.8 Å². The zero-order valence-electron chi connectivity index (χ0n) is 17.5. The van der Waals surface area contributed by atoms with Crippen molar-refractivity contribution in [1.29, 1.82) is 0 Å². The van der Waals surface area contributed by atoms with Crippen molar-refractivity contribution in [3.05, 3.63) is 47.5 Å². The smallest absolute Gasteiger partial charge is 0.262 e. The van der Waals surface area contributed by atoms with Gasteiger partial charge in [-0.1, -0.05) is 12.1 Å². The summed E-state index contributed by atoms with van der Waals surface area (Å²) in [6, 6.07) is 10.1. The fourth-order valence-electron chi connectivity index (χ4n) is 3.87. The van der Waals surface area contributed by atoms with Gasteiger partial charge in [-0.05, 0) is 62.1 Å². The monoisotopic (exact) mass is 443 g/mol. The summed E-state index contributed by atoms with van der Waals surface area (Å²) in [7, 11) is -3.82. The molecule has 0 aliphatic carbocycles. The third kappa shape index (κ3) is 4.28. The Bertz CT molecular complexity index is 1150. The molecule has 9 heteroatoms. The standard InChI is InChI=1S/C22H25N3O5S/c1-14-5-3-7-18(15(14)2)24-22(27)16-6-4-10-25(12-16)31(28,29)17-8-9-20-19(11-17)23-21(26)13-30-20/h3,5,7-9,11,16H,4,6,10,12-13H2,1-2H3,(H,23,26)(H,24,27)/t16-/m0/s1. The molecule has 0 radical (unpaired) electrons. The quantitative estimate of drug-likeness (QED) is 0.756. The average molecular weight is 444 g/mol. The Morgan fingerprint density at radius 1 is 1.23 bits per heavy atom. The molecule has 0 aromatic heterocycles. The number of aryl methyl sites for hydroxylation is 1. The Labute approximate surface area is 181 Å². The Morgan fingerprint density at radius 3 is 2.84 bits per heavy atom. The van der Waals surface area contributed by atoms with Crippen LogP contribution in [0.4, 0.5) is 11.4 Å². The third-order valence-corrected chi connectivity index (χ3v) is 7.70. The SMILES string of the molecule is Cc1cccc(NC(=O)[C@H]2CCCN(S(=O)(=O)c3ccc4c(c3)NC(=O)CO4)C2)c1C. The number of sulfonamides is 1. The zero-order chi connectivity index (χ0) is 22.2. The minimum atomic E-state index is -3.82. The van der Waals surface area contributed by atoms with Crippen molar-refractivity contribution in [2.45, 2.75) is 31.6 Å². The Balaban J connectivity index is 1.51. The molecule has 0 bridgehead atoms. The molecule has 4 rings (SSSR count). The maximum absolute atomic E-state index is 13.2. The predicted octanol–water partition coefficient (Wildman–Crippen LogP) is 2.67. The van der Waals surface area contributed by atoms with E-state index in [0.717, 1.165) is 16.8 Å². The van der Waals surface area contributed by atoms with Crippen LogP contribution in [-0.4, -0.2) is 44.2 Å². The molecule has 0 spiro atoms. The van der Waals surface area contributed by atoms with Crippen molar-refractivity contribution in [3.8, 4) is 5.75 Å². The number of hydrogen-bond acceptors (Lipinski definition) is 5. The highest BCUT2D eigenvalue weighted by Crippen LogP contribution is 2.32. The summed E-state index contributed by atoms with van der Waals surface area (Å²) in [5, 5.41) is 5.58. The first kappa shape index (κ1) is 21.3. The molecule has 2 aliphatic rings. The van der Waals surface area contributed by atoms with E-state index in [1.807, 2.05) is 32.0 Å². The summed E-state index contributed by atoms with van der Waals surface area (Å²) in [4.78, 5) is 24.5. The van der Waals surface area contributed by atoms with Gasteiger partial charge in [-0.3, -0.25) is 9.59 Å². The van der Waals surface area contributed by atoms with Crippen LogP contribution in [0.5, 0.6) is 5.75 Å². The van der Waals surface area contributed by atoms with Crippen LogP contribution in [0.15, 0.2) is 41.3 Å². The van der Waals surface area contributed by atoms with Crippen molar-refractivity contribution in [2.24, 2.45) is 5.92 Å². The lowest BCUT2D eigenvalue weighted by atomic mass is 9.98. The van der Waals surface area contributed by atoms with E-state index < -0.39 is 15.9 Å². The number of benzene rings is 2. The van der Waals surface area contributed by atoms with Gasteiger partial charge in [0.25, 0.3) is 5.91 Å². The second-order valence-electron chi connectivity index (χ2n) is 7.93. The number of nitrogens with one attached hydrogen (secondary N) is 2. The van der Waals surface area contributed by atoms with Gasteiger partial charge < -0.3 is 15.4 Å². The minimum absolute atomic E-state index is 0.0626. The van der Waals surface area contributed by atoms with E-state index in [1.54, 1.807) is 0 Å². The zero-order valence-corrected chi connectivity index (χ0v) is 18.3. The normalized spacial score (nSPS) is 19.2. The molecular weight excluding hydrogens is 418 g/mol. The highest BCUT2D eigenvalue weighted by Gasteiger charge is 2.34. The van der Waals surface area contributed by atoms with Gasteiger partial charge in [-0.25, -0.2) is 8.42 Å². The van der Waals surface area contributed by atoms with Gasteiger partial charge >= 0.3 is 0 Å². The molecule has 1 fully saturated rings. The molecule has 1 atom stereocenters. The number of piperidine rings is 1. The second kappa shape index (κ2) is 8.32. The molecule has 0 saturated carbocycles. The minimum Gasteiger partial charge on any atom is -0.482 e. The third-order valence-electron chi connectivity index (χ3n) is 5.84. The lowest BCUT2D eigenvalue weighted by molar-refractivity contribution is -0.121. The Hall–Kier alpha value is -2.91. The fourth-order valence-corrected chi connectivity index (χ4v) is 5.42. The van der Waals surface area contributed by atoms with Gasteiger partial charge in [-0.2, -0.15) is 4.31 Å². The number of carbonyl (C=O) groups is 2. The molecule has 164 valence electrons. The Morgan fingerprint density at radius 2 is 2.03 bits per heavy atom. The molecule has 8 nitrogen and oxygen atoms in total. The number of anilines is 2. The number of ether oxygens (including phenoxy) is 1. The molecule has 2 aliphatic heterocycles. The van der Waals surface area contributed by atoms with Gasteiger partial charge in [0, 0.05) is 18.8 Å². The molecule has 0 unspecified atom stereocenters. The van der Waals surface area contributed by atoms with Crippen LogP contribution in [0.2, 0.25) is 0 Å². The summed E-state index contributed by atoms with van der Waals surface area (Å²) in [5.41, 5.74) is 3.15. The molecule has 1 saturated heterocycles. The highest BCUT2D eigenvalue weighted by atomic mass is 32.2. The molecule has 2 aromatic carbocycles. The van der Waals surface area contributed by atoms with Crippen LogP contribution < -0.4 is 15.4 Å². The molecular formula is C22H25N3O5S. The molecule has 2 amide bonds. The molecule has 31 heavy (non-hydrogen) atoms. The van der Waals surface area contributed by atoms with E-state index in [9.17, 15) is 18.0 Å². The fraction of sp³-hybridized carbons (Fsp3) is 0.364. The number of nitrogens with zero attached hydrogens (tertiary/aromatic N) is 1. The molecule has 2 aromatic rings. The maximum Gasteiger partial charge on any atom is 0.262 e. The first-order valence-corrected chi connectivity index (χ1v) is 11.6. The lowest BCUT2D eigenvalue weighted by Gasteiger charge is -2.31. The van der Waals surface area contributed by atoms with Crippen LogP contribution in [0.3, 0.4) is 0 Å². The van der Waals surface area contributed by atoms with E-state index in [1.165, 1.54) is 22.5 Å². The highest BCUT2D eigenvalue weighted by molar-refractivity contribution is 7.89. The van der Waals surface area contributed by atoms with Crippen molar-refractivity contribution >= 4 is 33.2 Å². The van der Waals surface area contributed by atoms with Crippen molar-refractivity contribution in [1.82, 2.24) is 4.31 Å². The topological polar surface area (TPSA) is 105 Å². The van der Waals surface area contributed by atoms with E-state index in [4.69, 9.17) is 4.74 Å². The van der Waals surface area contributed by atoms with Crippen molar-refractivity contribution in [3.63, 3.8) is 0 Å². The summed E-state index contributed by atoms with van der Waals surface area (Å²) >= 11 is 0. The second-order valence-corrected chi connectivity index (χ2v) is 9.87. The van der Waals surface area contributed by atoms with E-state index in [2.05, 4.69) is 10.6 Å². The van der Waals surface area contributed by atoms with Gasteiger partial charge in [-0.15, -0.1) is 0 Å².